The van der Waals surface area contributed by atoms with Crippen LogP contribution in [-0.4, -0.2) is 49.6 Å². The van der Waals surface area contributed by atoms with Crippen LogP contribution in [0.1, 0.15) is 58.0 Å². The summed E-state index contributed by atoms with van der Waals surface area (Å²) in [7, 11) is -2.26. The van der Waals surface area contributed by atoms with Gasteiger partial charge in [-0.05, 0) is 91.9 Å². The molecule has 1 aliphatic carbocycles. The molecular weight excluding hydrogens is 622 g/mol. The zero-order valence-electron chi connectivity index (χ0n) is 26.5. The summed E-state index contributed by atoms with van der Waals surface area (Å²) in [5, 5.41) is 7.31. The molecule has 2 heterocycles. The molecule has 6 rings (SSSR count). The number of halogens is 2. The third-order valence-corrected chi connectivity index (χ3v) is 10.2. The van der Waals surface area contributed by atoms with E-state index in [9.17, 15) is 26.8 Å². The number of sulfonamides is 1. The molecule has 8 nitrogen and oxygen atoms in total. The lowest BCUT2D eigenvalue weighted by molar-refractivity contribution is 0.0959. The predicted octanol–water partition coefficient (Wildman–Crippen LogP) is 6.71. The highest BCUT2D eigenvalue weighted by Crippen LogP contribution is 2.51. The molecule has 0 unspecified atom stereocenters. The number of rotatable bonds is 10. The number of amides is 1. The molecule has 0 radical (unpaired) electrons. The normalized spacial score (nSPS) is 13.8. The van der Waals surface area contributed by atoms with Crippen LogP contribution in [0.5, 0.6) is 0 Å². The van der Waals surface area contributed by atoms with E-state index in [4.69, 9.17) is 0 Å². The number of fused-ring (bicyclic) bond motifs is 1. The first-order valence-electron chi connectivity index (χ1n) is 15.3. The van der Waals surface area contributed by atoms with Crippen molar-refractivity contribution in [3.05, 3.63) is 113 Å². The molecule has 242 valence electrons. The Bertz CT molecular complexity index is 2140. The van der Waals surface area contributed by atoms with Gasteiger partial charge in [0, 0.05) is 42.1 Å². The number of carbonyl (C=O) groups is 2. The summed E-state index contributed by atoms with van der Waals surface area (Å²) in [5.74, 6) is -1.28. The van der Waals surface area contributed by atoms with E-state index in [2.05, 4.69) is 10.4 Å². The Kier molecular flexibility index (Phi) is 8.21. The Morgan fingerprint density at radius 3 is 2.17 bits per heavy atom. The van der Waals surface area contributed by atoms with E-state index in [1.807, 2.05) is 13.0 Å². The maximum absolute atomic E-state index is 13.8. The number of benzene rings is 3. The van der Waals surface area contributed by atoms with Crippen molar-refractivity contribution in [2.45, 2.75) is 38.5 Å². The van der Waals surface area contributed by atoms with Gasteiger partial charge in [0.15, 0.2) is 5.78 Å². The first-order valence-corrected chi connectivity index (χ1v) is 17.1. The van der Waals surface area contributed by atoms with Crippen molar-refractivity contribution in [3.8, 4) is 22.4 Å². The summed E-state index contributed by atoms with van der Waals surface area (Å²) < 4.78 is 56.2. The van der Waals surface area contributed by atoms with Crippen LogP contribution in [0.2, 0.25) is 0 Å². The van der Waals surface area contributed by atoms with Crippen LogP contribution in [0.3, 0.4) is 0 Å². The number of anilines is 1. The number of hydrogen-bond donors (Lipinski definition) is 1. The number of aromatic nitrogens is 2. The van der Waals surface area contributed by atoms with E-state index in [1.54, 1.807) is 43.5 Å². The maximum Gasteiger partial charge on any atom is 0.255 e. The highest BCUT2D eigenvalue weighted by molar-refractivity contribution is 7.92. The number of Topliss-reactive ketones (excluding diaryl/α,β-unsaturated/α-hetero) is 1. The van der Waals surface area contributed by atoms with Crippen LogP contribution in [0, 0.1) is 18.6 Å². The lowest BCUT2D eigenvalue weighted by atomic mass is 9.87. The number of aryl methyl sites for hydroxylation is 1. The molecule has 1 fully saturated rings. The molecule has 0 atom stereocenters. The van der Waals surface area contributed by atoms with Crippen LogP contribution in [0.4, 0.5) is 14.5 Å². The van der Waals surface area contributed by atoms with Crippen LogP contribution in [0.15, 0.2) is 79.0 Å². The van der Waals surface area contributed by atoms with Crippen LogP contribution in [-0.2, 0) is 15.4 Å². The monoisotopic (exact) mass is 656 g/mol. The fourth-order valence-corrected chi connectivity index (χ4v) is 7.23. The van der Waals surface area contributed by atoms with Crippen LogP contribution in [0.25, 0.3) is 27.9 Å². The van der Waals surface area contributed by atoms with Gasteiger partial charge in [-0.25, -0.2) is 21.7 Å². The van der Waals surface area contributed by atoms with Gasteiger partial charge in [-0.1, -0.05) is 24.3 Å². The Balaban J connectivity index is 1.53. The van der Waals surface area contributed by atoms with E-state index in [-0.39, 0.29) is 35.5 Å². The van der Waals surface area contributed by atoms with Gasteiger partial charge < -0.3 is 5.32 Å². The topological polar surface area (TPSA) is 101 Å². The first-order chi connectivity index (χ1) is 22.3. The van der Waals surface area contributed by atoms with E-state index in [1.165, 1.54) is 52.3 Å². The Morgan fingerprint density at radius 1 is 0.957 bits per heavy atom. The molecule has 3 aromatic carbocycles. The molecule has 11 heteroatoms. The molecule has 0 saturated heterocycles. The fraction of sp³-hybridized carbons (Fsp3) is 0.250. The minimum Gasteiger partial charge on any atom is -0.355 e. The van der Waals surface area contributed by atoms with E-state index >= 15 is 0 Å². The molecule has 0 bridgehead atoms. The number of pyridine rings is 1. The quantitative estimate of drug-likeness (QED) is 0.169. The maximum atomic E-state index is 13.8. The van der Waals surface area contributed by atoms with Crippen molar-refractivity contribution in [2.75, 3.05) is 24.2 Å². The third kappa shape index (κ3) is 6.03. The summed E-state index contributed by atoms with van der Waals surface area (Å²) in [6, 6.07) is 19.0. The Hall–Kier alpha value is -4.90. The van der Waals surface area contributed by atoms with E-state index < -0.39 is 21.7 Å². The van der Waals surface area contributed by atoms with Crippen molar-refractivity contribution in [1.82, 2.24) is 14.9 Å². The largest absolute Gasteiger partial charge is 0.355 e. The molecule has 1 saturated carbocycles. The van der Waals surface area contributed by atoms with Gasteiger partial charge in [-0.3, -0.25) is 13.9 Å². The van der Waals surface area contributed by atoms with Crippen LogP contribution >= 0.6 is 0 Å². The molecule has 5 aromatic rings. The average molecular weight is 657 g/mol. The highest BCUT2D eigenvalue weighted by atomic mass is 32.2. The SMILES string of the molecule is CCN(c1cn2nc(-c3ccc(F)cc3)c(C(=O)NC)c2cc1-c1cc(C(=O)CC2(c3ccc(F)cc3)CC2)ccc1C)S(C)(=O)=O. The molecule has 2 aromatic heterocycles. The van der Waals surface area contributed by atoms with Gasteiger partial charge in [0.2, 0.25) is 10.0 Å². The zero-order chi connectivity index (χ0) is 33.7. The highest BCUT2D eigenvalue weighted by Gasteiger charge is 2.45. The van der Waals surface area contributed by atoms with Gasteiger partial charge in [0.1, 0.15) is 17.3 Å². The van der Waals surface area contributed by atoms with Crippen molar-refractivity contribution in [3.63, 3.8) is 0 Å². The molecule has 47 heavy (non-hydrogen) atoms. The zero-order valence-corrected chi connectivity index (χ0v) is 27.3. The summed E-state index contributed by atoms with van der Waals surface area (Å²) >= 11 is 0. The second-order valence-electron chi connectivity index (χ2n) is 12.1. The molecule has 0 spiro atoms. The smallest absolute Gasteiger partial charge is 0.255 e. The Morgan fingerprint density at radius 2 is 1.60 bits per heavy atom. The Labute approximate surface area is 272 Å². The molecule has 1 aliphatic rings. The number of carbonyl (C=O) groups excluding carboxylic acids is 2. The summed E-state index contributed by atoms with van der Waals surface area (Å²) in [6.45, 7) is 3.70. The first kappa shape index (κ1) is 32.1. The summed E-state index contributed by atoms with van der Waals surface area (Å²) in [5.41, 5.74) is 4.70. The minimum atomic E-state index is -3.76. The van der Waals surface area contributed by atoms with Gasteiger partial charge in [-0.2, -0.15) is 5.10 Å². The second kappa shape index (κ2) is 12.0. The average Bonchev–Trinajstić information content (AvgIpc) is 3.72. The van der Waals surface area contributed by atoms with Crippen molar-refractivity contribution >= 4 is 32.9 Å². The van der Waals surface area contributed by atoms with E-state index in [0.717, 1.165) is 30.2 Å². The fourth-order valence-electron chi connectivity index (χ4n) is 6.25. The lowest BCUT2D eigenvalue weighted by Gasteiger charge is -2.24. The molecule has 1 N–H and O–H groups in total. The standard InChI is InChI=1S/C36H34F2N4O4S/c1-5-42(47(4,45)46)31-21-41-30(33(35(44)39-3)34(40-41)23-8-12-26(37)13-9-23)19-29(31)28-18-24(7-6-22(28)2)32(43)20-36(16-17-36)25-10-14-27(38)15-11-25/h6-15,18-19,21H,5,16-17,20H2,1-4H3,(H,39,44). The number of nitrogens with zero attached hydrogens (tertiary/aromatic N) is 3. The number of hydrogen-bond acceptors (Lipinski definition) is 5. The van der Waals surface area contributed by atoms with Crippen molar-refractivity contribution < 1.29 is 26.8 Å². The lowest BCUT2D eigenvalue weighted by Crippen LogP contribution is -2.30. The van der Waals surface area contributed by atoms with Gasteiger partial charge >= 0.3 is 0 Å². The number of ketones is 1. The van der Waals surface area contributed by atoms with Gasteiger partial charge in [0.25, 0.3) is 5.91 Å². The molecular formula is C36H34F2N4O4S. The molecule has 1 amide bonds. The number of nitrogens with one attached hydrogen (secondary N) is 1. The minimum absolute atomic E-state index is 0.0832. The van der Waals surface area contributed by atoms with Crippen molar-refractivity contribution in [1.29, 1.82) is 0 Å². The summed E-state index contributed by atoms with van der Waals surface area (Å²) in [4.78, 5) is 27.1. The van der Waals surface area contributed by atoms with Crippen molar-refractivity contribution in [2.24, 2.45) is 0 Å². The summed E-state index contributed by atoms with van der Waals surface area (Å²) in [6.07, 6.45) is 4.58. The second-order valence-corrected chi connectivity index (χ2v) is 14.0. The molecule has 0 aliphatic heterocycles. The van der Waals surface area contributed by atoms with Gasteiger partial charge in [-0.15, -0.1) is 0 Å². The van der Waals surface area contributed by atoms with E-state index in [0.29, 0.717) is 39.2 Å². The third-order valence-electron chi connectivity index (χ3n) is 8.94. The van der Waals surface area contributed by atoms with Crippen LogP contribution < -0.4 is 9.62 Å². The predicted molar refractivity (Wildman–Crippen MR) is 178 cm³/mol. The van der Waals surface area contributed by atoms with Gasteiger partial charge in [0.05, 0.1) is 29.2 Å².